The predicted molar refractivity (Wildman–Crippen MR) is 112 cm³/mol. The van der Waals surface area contributed by atoms with Crippen molar-refractivity contribution in [3.05, 3.63) is 51.3 Å². The molecular weight excluding hydrogens is 402 g/mol. The number of anilines is 1. The van der Waals surface area contributed by atoms with Gasteiger partial charge in [-0.3, -0.25) is 4.79 Å². The van der Waals surface area contributed by atoms with E-state index in [-0.39, 0.29) is 18.0 Å². The van der Waals surface area contributed by atoms with E-state index < -0.39 is 0 Å². The summed E-state index contributed by atoms with van der Waals surface area (Å²) in [4.78, 5) is 24.0. The lowest BCUT2D eigenvalue weighted by atomic mass is 10.0. The average molecular weight is 424 g/mol. The van der Waals surface area contributed by atoms with E-state index in [1.807, 2.05) is 11.0 Å². The van der Waals surface area contributed by atoms with Gasteiger partial charge in [0, 0.05) is 49.5 Å². The van der Waals surface area contributed by atoms with Crippen LogP contribution in [0.4, 0.5) is 5.95 Å². The number of nitrogens with one attached hydrogen (secondary N) is 1. The standard InChI is InChI=1S/C22H22ClN5O2/c23-15-7-13-9-16(10-18(13)14(8-15)11-24)26-22-25-12-19-20(27-22)1-4-28(21(19)29)17-2-5-30-6-3-17/h7-8,12,16-17H,1-6,9-10H2,(H,25,26,27). The fourth-order valence-electron chi connectivity index (χ4n) is 4.77. The number of halogens is 1. The molecule has 8 heteroatoms. The van der Waals surface area contributed by atoms with Crippen LogP contribution in [0.5, 0.6) is 0 Å². The first-order valence-electron chi connectivity index (χ1n) is 10.3. The number of hydrogen-bond acceptors (Lipinski definition) is 6. The first-order chi connectivity index (χ1) is 14.6. The highest BCUT2D eigenvalue weighted by atomic mass is 35.5. The Labute approximate surface area is 180 Å². The van der Waals surface area contributed by atoms with E-state index in [0.717, 1.165) is 48.9 Å². The summed E-state index contributed by atoms with van der Waals surface area (Å²) in [7, 11) is 0. The van der Waals surface area contributed by atoms with Crippen molar-refractivity contribution in [3.63, 3.8) is 0 Å². The van der Waals surface area contributed by atoms with E-state index in [2.05, 4.69) is 21.4 Å². The van der Waals surface area contributed by atoms with Crippen molar-refractivity contribution in [2.24, 2.45) is 0 Å². The molecule has 2 aliphatic heterocycles. The Hall–Kier alpha value is -2.69. The summed E-state index contributed by atoms with van der Waals surface area (Å²) in [5.41, 5.74) is 4.17. The highest BCUT2D eigenvalue weighted by Gasteiger charge is 2.32. The first kappa shape index (κ1) is 19.3. The zero-order valence-electron chi connectivity index (χ0n) is 16.5. The highest BCUT2D eigenvalue weighted by Crippen LogP contribution is 2.30. The van der Waals surface area contributed by atoms with E-state index in [9.17, 15) is 10.1 Å². The van der Waals surface area contributed by atoms with Gasteiger partial charge in [0.1, 0.15) is 0 Å². The Balaban J connectivity index is 1.30. The summed E-state index contributed by atoms with van der Waals surface area (Å²) in [6.07, 6.45) is 5.65. The van der Waals surface area contributed by atoms with Crippen LogP contribution in [0.1, 0.15) is 45.6 Å². The molecule has 154 valence electrons. The lowest BCUT2D eigenvalue weighted by Crippen LogP contribution is -2.47. The molecule has 7 nitrogen and oxygen atoms in total. The number of nitrogens with zero attached hydrogens (tertiary/aromatic N) is 4. The van der Waals surface area contributed by atoms with Gasteiger partial charge in [-0.1, -0.05) is 11.6 Å². The number of fused-ring (bicyclic) bond motifs is 2. The summed E-state index contributed by atoms with van der Waals surface area (Å²) >= 11 is 6.14. The van der Waals surface area contributed by atoms with Crippen LogP contribution < -0.4 is 5.32 Å². The minimum Gasteiger partial charge on any atom is -0.381 e. The van der Waals surface area contributed by atoms with E-state index >= 15 is 0 Å². The van der Waals surface area contributed by atoms with Gasteiger partial charge in [-0.2, -0.15) is 5.26 Å². The molecule has 1 N–H and O–H groups in total. The van der Waals surface area contributed by atoms with E-state index in [0.29, 0.717) is 41.9 Å². The number of hydrogen-bond donors (Lipinski definition) is 1. The van der Waals surface area contributed by atoms with Gasteiger partial charge in [0.2, 0.25) is 5.95 Å². The molecule has 1 fully saturated rings. The normalized spacial score (nSPS) is 21.1. The third kappa shape index (κ3) is 3.51. The molecule has 3 aliphatic rings. The van der Waals surface area contributed by atoms with Gasteiger partial charge in [-0.25, -0.2) is 9.97 Å². The van der Waals surface area contributed by atoms with Gasteiger partial charge >= 0.3 is 0 Å². The zero-order chi connectivity index (χ0) is 20.7. The molecule has 1 saturated heterocycles. The maximum Gasteiger partial charge on any atom is 0.257 e. The maximum absolute atomic E-state index is 13.0. The molecule has 1 aromatic heterocycles. The lowest BCUT2D eigenvalue weighted by Gasteiger charge is -2.37. The number of amides is 1. The molecule has 0 bridgehead atoms. The predicted octanol–water partition coefficient (Wildman–Crippen LogP) is 2.76. The minimum atomic E-state index is 0.0243. The van der Waals surface area contributed by atoms with Crippen LogP contribution in [-0.2, 0) is 24.0 Å². The topological polar surface area (TPSA) is 91.1 Å². The van der Waals surface area contributed by atoms with Gasteiger partial charge in [0.05, 0.1) is 22.9 Å². The molecule has 1 atom stereocenters. The van der Waals surface area contributed by atoms with Crippen LogP contribution in [0.25, 0.3) is 0 Å². The van der Waals surface area contributed by atoms with Crippen molar-refractivity contribution in [1.82, 2.24) is 14.9 Å². The molecule has 5 rings (SSSR count). The van der Waals surface area contributed by atoms with Crippen molar-refractivity contribution >= 4 is 23.5 Å². The van der Waals surface area contributed by atoms with Gasteiger partial charge in [0.15, 0.2) is 0 Å². The molecule has 2 aromatic rings. The first-order valence-corrected chi connectivity index (χ1v) is 10.7. The average Bonchev–Trinajstić information content (AvgIpc) is 3.16. The van der Waals surface area contributed by atoms with E-state index in [1.165, 1.54) is 0 Å². The lowest BCUT2D eigenvalue weighted by molar-refractivity contribution is 0.0274. The quantitative estimate of drug-likeness (QED) is 0.816. The minimum absolute atomic E-state index is 0.0243. The second-order valence-electron chi connectivity index (χ2n) is 8.10. The summed E-state index contributed by atoms with van der Waals surface area (Å²) < 4.78 is 5.42. The summed E-state index contributed by atoms with van der Waals surface area (Å²) in [6, 6.07) is 6.22. The van der Waals surface area contributed by atoms with Crippen LogP contribution in [-0.4, -0.2) is 52.6 Å². The molecule has 30 heavy (non-hydrogen) atoms. The number of aromatic nitrogens is 2. The molecule has 0 saturated carbocycles. The Bertz CT molecular complexity index is 1040. The van der Waals surface area contributed by atoms with Gasteiger partial charge in [0.25, 0.3) is 5.91 Å². The summed E-state index contributed by atoms with van der Waals surface area (Å²) in [6.45, 7) is 2.11. The van der Waals surface area contributed by atoms with Gasteiger partial charge in [-0.05, 0) is 48.9 Å². The monoisotopic (exact) mass is 423 g/mol. The number of rotatable bonds is 3. The van der Waals surface area contributed by atoms with Crippen LogP contribution in [0.15, 0.2) is 18.3 Å². The third-order valence-electron chi connectivity index (χ3n) is 6.26. The van der Waals surface area contributed by atoms with E-state index in [1.54, 1.807) is 12.3 Å². The van der Waals surface area contributed by atoms with Gasteiger partial charge in [-0.15, -0.1) is 0 Å². The van der Waals surface area contributed by atoms with Crippen molar-refractivity contribution in [2.45, 2.75) is 44.2 Å². The zero-order valence-corrected chi connectivity index (χ0v) is 17.3. The molecule has 0 spiro atoms. The number of carbonyl (C=O) groups is 1. The molecule has 1 aliphatic carbocycles. The molecule has 1 unspecified atom stereocenters. The Morgan fingerprint density at radius 3 is 2.90 bits per heavy atom. The highest BCUT2D eigenvalue weighted by molar-refractivity contribution is 6.30. The summed E-state index contributed by atoms with van der Waals surface area (Å²) in [5, 5.41) is 13.3. The SMILES string of the molecule is N#Cc1cc(Cl)cc2c1CC(Nc1ncc3c(n1)CCN(C1CCOCC1)C3=O)C2. The van der Waals surface area contributed by atoms with Crippen molar-refractivity contribution in [3.8, 4) is 6.07 Å². The Kier molecular flexibility index (Phi) is 5.05. The molecule has 1 aromatic carbocycles. The number of carbonyl (C=O) groups excluding carboxylic acids is 1. The van der Waals surface area contributed by atoms with E-state index in [4.69, 9.17) is 16.3 Å². The largest absolute Gasteiger partial charge is 0.381 e. The number of ether oxygens (including phenoxy) is 1. The van der Waals surface area contributed by atoms with Crippen LogP contribution in [0.3, 0.4) is 0 Å². The van der Waals surface area contributed by atoms with Crippen LogP contribution in [0.2, 0.25) is 5.02 Å². The number of nitriles is 1. The summed E-state index contributed by atoms with van der Waals surface area (Å²) in [5.74, 6) is 0.555. The maximum atomic E-state index is 13.0. The second-order valence-corrected chi connectivity index (χ2v) is 8.53. The fraction of sp³-hybridized carbons (Fsp3) is 0.455. The Morgan fingerprint density at radius 1 is 1.27 bits per heavy atom. The molecule has 0 radical (unpaired) electrons. The number of benzene rings is 1. The molecule has 1 amide bonds. The van der Waals surface area contributed by atoms with Crippen LogP contribution >= 0.6 is 11.6 Å². The fourth-order valence-corrected chi connectivity index (χ4v) is 5.01. The Morgan fingerprint density at radius 2 is 2.10 bits per heavy atom. The smallest absolute Gasteiger partial charge is 0.257 e. The molecular formula is C22H22ClN5O2. The third-order valence-corrected chi connectivity index (χ3v) is 6.48. The van der Waals surface area contributed by atoms with Crippen LogP contribution in [0, 0.1) is 11.3 Å². The molecule has 3 heterocycles. The second kappa shape index (κ2) is 7.86. The van der Waals surface area contributed by atoms with Gasteiger partial charge < -0.3 is 15.0 Å². The van der Waals surface area contributed by atoms with Crippen molar-refractivity contribution in [2.75, 3.05) is 25.1 Å². The van der Waals surface area contributed by atoms with Crippen molar-refractivity contribution in [1.29, 1.82) is 5.26 Å². The van der Waals surface area contributed by atoms with Crippen molar-refractivity contribution < 1.29 is 9.53 Å².